The summed E-state index contributed by atoms with van der Waals surface area (Å²) >= 11 is 1.69. The summed E-state index contributed by atoms with van der Waals surface area (Å²) in [5.41, 5.74) is -0.141. The molecule has 4 heteroatoms. The van der Waals surface area contributed by atoms with Crippen LogP contribution in [0.15, 0.2) is 17.5 Å². The quantitative estimate of drug-likeness (QED) is 0.289. The molecule has 10 atom stereocenters. The van der Waals surface area contributed by atoms with Gasteiger partial charge in [-0.05, 0) is 128 Å². The number of rotatable bonds is 4. The zero-order chi connectivity index (χ0) is 28.4. The highest BCUT2D eigenvalue weighted by Crippen LogP contribution is 2.69. The average molecular weight is 569 g/mol. The number of thiophene rings is 1. The van der Waals surface area contributed by atoms with E-state index in [4.69, 9.17) is 4.43 Å². The molecule has 0 aliphatic heterocycles. The van der Waals surface area contributed by atoms with Crippen LogP contribution >= 0.6 is 11.3 Å². The van der Waals surface area contributed by atoms with Crippen LogP contribution in [0.1, 0.15) is 111 Å². The summed E-state index contributed by atoms with van der Waals surface area (Å²) in [5, 5.41) is 14.2. The minimum atomic E-state index is -1.87. The summed E-state index contributed by atoms with van der Waals surface area (Å²) < 4.78 is 7.41. The Morgan fingerprint density at radius 2 is 1.69 bits per heavy atom. The molecule has 1 heterocycles. The molecular weight excluding hydrogens is 513 g/mol. The molecule has 4 aliphatic carbocycles. The van der Waals surface area contributed by atoms with Crippen molar-refractivity contribution in [2.75, 3.05) is 0 Å². The topological polar surface area (TPSA) is 29.5 Å². The van der Waals surface area contributed by atoms with Crippen molar-refractivity contribution in [3.8, 4) is 11.8 Å². The van der Waals surface area contributed by atoms with Crippen molar-refractivity contribution in [3.05, 3.63) is 22.4 Å². The van der Waals surface area contributed by atoms with Gasteiger partial charge in [0.05, 0.1) is 10.5 Å². The Kier molecular flexibility index (Phi) is 7.88. The van der Waals surface area contributed by atoms with Gasteiger partial charge < -0.3 is 9.53 Å². The van der Waals surface area contributed by atoms with Crippen molar-refractivity contribution in [2.24, 2.45) is 46.3 Å². The maximum absolute atomic E-state index is 11.9. The molecule has 2 nitrogen and oxygen atoms in total. The lowest BCUT2D eigenvalue weighted by Gasteiger charge is -2.64. The van der Waals surface area contributed by atoms with Crippen molar-refractivity contribution in [1.82, 2.24) is 0 Å². The highest BCUT2D eigenvalue weighted by Gasteiger charge is 2.64. The van der Waals surface area contributed by atoms with Crippen LogP contribution in [0, 0.1) is 58.2 Å². The predicted molar refractivity (Wildman–Crippen MR) is 168 cm³/mol. The fourth-order valence-corrected chi connectivity index (χ4v) is 11.9. The molecule has 0 saturated heterocycles. The Hall–Kier alpha value is -0.603. The van der Waals surface area contributed by atoms with Gasteiger partial charge in [0.15, 0.2) is 8.32 Å². The van der Waals surface area contributed by atoms with Crippen molar-refractivity contribution >= 4 is 19.7 Å². The van der Waals surface area contributed by atoms with Gasteiger partial charge in [0, 0.05) is 12.5 Å². The monoisotopic (exact) mass is 568 g/mol. The van der Waals surface area contributed by atoms with Gasteiger partial charge in [-0.1, -0.05) is 65.9 Å². The van der Waals surface area contributed by atoms with Crippen molar-refractivity contribution in [3.63, 3.8) is 0 Å². The molecule has 0 amide bonds. The summed E-state index contributed by atoms with van der Waals surface area (Å²) in [4.78, 5) is 1.10. The third-order valence-corrected chi connectivity index (χ3v) is 18.4. The highest BCUT2D eigenvalue weighted by molar-refractivity contribution is 7.10. The number of fused-ring (bicyclic) bond motifs is 5. The standard InChI is InChI=1S/C35H56O2SSi/c1-24-16-19-33(5)28-17-20-34(6)27(14-15-31(34)35(7,36)18-10-12-25-13-11-21-38-25)26(28)23-30(29(33)22-24)37-39(8,9)32(2,3)4/h11,13,21,24,26-31,36H,14-20,22-23H2,1-9H3/t24-,26-,27-,28-,29+,30-,31-,33+,34-,35-/m0/s1. The first kappa shape index (κ1) is 29.9. The van der Waals surface area contributed by atoms with Crippen LogP contribution in [-0.2, 0) is 4.43 Å². The van der Waals surface area contributed by atoms with E-state index in [1.807, 2.05) is 0 Å². The Morgan fingerprint density at radius 1 is 1.00 bits per heavy atom. The molecule has 4 saturated carbocycles. The SMILES string of the molecule is C[C@H]1CC[C@@]2(C)[C@H](C1)[C@@H](O[Si](C)(C)C(C)(C)C)C[C@@H]1[C@@H]2CC[C@@]2(C)[C@H]1CC[C@@H]2[C@@](C)(O)CC#Cc1cccs1. The van der Waals surface area contributed by atoms with E-state index in [0.717, 1.165) is 29.1 Å². The summed E-state index contributed by atoms with van der Waals surface area (Å²) in [6.07, 6.45) is 11.3. The molecule has 1 aromatic rings. The summed E-state index contributed by atoms with van der Waals surface area (Å²) in [5.74, 6) is 10.8. The maximum atomic E-state index is 11.9. The zero-order valence-electron chi connectivity index (χ0n) is 26.4. The van der Waals surface area contributed by atoms with Gasteiger partial charge in [-0.2, -0.15) is 0 Å². The third kappa shape index (κ3) is 5.26. The molecule has 5 rings (SSSR count). The highest BCUT2D eigenvalue weighted by atomic mass is 32.1. The Morgan fingerprint density at radius 3 is 2.36 bits per heavy atom. The smallest absolute Gasteiger partial charge is 0.192 e. The van der Waals surface area contributed by atoms with Gasteiger partial charge in [-0.15, -0.1) is 11.3 Å². The molecule has 39 heavy (non-hydrogen) atoms. The molecule has 0 spiro atoms. The van der Waals surface area contributed by atoms with Crippen LogP contribution in [0.2, 0.25) is 18.1 Å². The van der Waals surface area contributed by atoms with Crippen LogP contribution in [-0.4, -0.2) is 25.1 Å². The molecule has 1 N–H and O–H groups in total. The second-order valence-corrected chi connectivity index (χ2v) is 22.2. The lowest BCUT2D eigenvalue weighted by molar-refractivity contribution is -0.169. The van der Waals surface area contributed by atoms with Gasteiger partial charge in [-0.25, -0.2) is 0 Å². The summed E-state index contributed by atoms with van der Waals surface area (Å²) in [7, 11) is -1.87. The lowest BCUT2D eigenvalue weighted by Crippen LogP contribution is -2.60. The van der Waals surface area contributed by atoms with Crippen molar-refractivity contribution < 1.29 is 9.53 Å². The summed E-state index contributed by atoms with van der Waals surface area (Å²) in [6, 6.07) is 4.13. The molecule has 218 valence electrons. The second kappa shape index (κ2) is 10.3. The number of aliphatic hydroxyl groups is 1. The van der Waals surface area contributed by atoms with E-state index in [-0.39, 0.29) is 10.5 Å². The molecule has 0 aromatic carbocycles. The minimum absolute atomic E-state index is 0.196. The van der Waals surface area contributed by atoms with Gasteiger partial charge in [0.2, 0.25) is 0 Å². The molecule has 0 unspecified atom stereocenters. The third-order valence-electron chi connectivity index (χ3n) is 13.1. The molecule has 0 bridgehead atoms. The van der Waals surface area contributed by atoms with E-state index < -0.39 is 13.9 Å². The van der Waals surface area contributed by atoms with E-state index in [1.165, 1.54) is 44.9 Å². The molecule has 1 aromatic heterocycles. The molecule has 4 fully saturated rings. The average Bonchev–Trinajstić information content (AvgIpc) is 3.47. The maximum Gasteiger partial charge on any atom is 0.192 e. The van der Waals surface area contributed by atoms with Crippen LogP contribution < -0.4 is 0 Å². The van der Waals surface area contributed by atoms with E-state index in [2.05, 4.69) is 90.9 Å². The van der Waals surface area contributed by atoms with Crippen LogP contribution in [0.4, 0.5) is 0 Å². The first-order chi connectivity index (χ1) is 18.1. The van der Waals surface area contributed by atoms with Gasteiger partial charge in [0.25, 0.3) is 0 Å². The lowest BCUT2D eigenvalue weighted by atomic mass is 9.43. The molecule has 0 radical (unpaired) electrons. The Labute approximate surface area is 245 Å². The van der Waals surface area contributed by atoms with E-state index in [9.17, 15) is 5.11 Å². The van der Waals surface area contributed by atoms with Gasteiger partial charge in [-0.3, -0.25) is 0 Å². The zero-order valence-corrected chi connectivity index (χ0v) is 28.2. The fraction of sp³-hybridized carbons (Fsp3) is 0.829. The summed E-state index contributed by atoms with van der Waals surface area (Å²) in [6.45, 7) is 21.9. The van der Waals surface area contributed by atoms with Gasteiger partial charge >= 0.3 is 0 Å². The number of hydrogen-bond donors (Lipinski definition) is 1. The fourth-order valence-electron chi connectivity index (χ4n) is 9.96. The first-order valence-electron chi connectivity index (χ1n) is 16.0. The van der Waals surface area contributed by atoms with E-state index >= 15 is 0 Å². The Bertz CT molecular complexity index is 1070. The normalized spacial score (nSPS) is 41.9. The Balaban J connectivity index is 1.42. The van der Waals surface area contributed by atoms with E-state index in [0.29, 0.717) is 35.7 Å². The van der Waals surface area contributed by atoms with Crippen LogP contribution in [0.5, 0.6) is 0 Å². The largest absolute Gasteiger partial charge is 0.414 e. The predicted octanol–water partition coefficient (Wildman–Crippen LogP) is 9.54. The van der Waals surface area contributed by atoms with Crippen molar-refractivity contribution in [1.29, 1.82) is 0 Å². The first-order valence-corrected chi connectivity index (χ1v) is 19.8. The van der Waals surface area contributed by atoms with Crippen LogP contribution in [0.3, 0.4) is 0 Å². The van der Waals surface area contributed by atoms with Crippen LogP contribution in [0.25, 0.3) is 0 Å². The van der Waals surface area contributed by atoms with Gasteiger partial charge in [0.1, 0.15) is 0 Å². The second-order valence-electron chi connectivity index (χ2n) is 16.5. The molecular formula is C35H56O2SSi. The van der Waals surface area contributed by atoms with E-state index in [1.54, 1.807) is 11.3 Å². The number of hydrogen-bond acceptors (Lipinski definition) is 3. The minimum Gasteiger partial charge on any atom is -0.414 e. The molecule has 4 aliphatic rings. The van der Waals surface area contributed by atoms with Crippen molar-refractivity contribution in [2.45, 2.75) is 136 Å².